The first kappa shape index (κ1) is 24.3. The molecular formula is C27H29ClN2O3. The fourth-order valence-electron chi connectivity index (χ4n) is 3.50. The van der Waals surface area contributed by atoms with Crippen molar-refractivity contribution in [3.63, 3.8) is 0 Å². The topological polar surface area (TPSA) is 58.6 Å². The van der Waals surface area contributed by atoms with E-state index in [-0.39, 0.29) is 25.0 Å². The average Bonchev–Trinajstić information content (AvgIpc) is 2.84. The van der Waals surface area contributed by atoms with Gasteiger partial charge in [0.1, 0.15) is 11.8 Å². The van der Waals surface area contributed by atoms with Gasteiger partial charge in [-0.05, 0) is 41.8 Å². The molecule has 0 spiro atoms. The minimum atomic E-state index is -0.690. The number of amides is 2. The Labute approximate surface area is 200 Å². The SMILES string of the molecule is CCCNC(=O)[C@@H](Cc1ccccc1)N(Cc1cccc(Cl)c1)C(=O)COc1ccccc1. The van der Waals surface area contributed by atoms with Gasteiger partial charge in [-0.15, -0.1) is 0 Å². The minimum absolute atomic E-state index is 0.170. The number of para-hydroxylation sites is 1. The lowest BCUT2D eigenvalue weighted by atomic mass is 10.0. The van der Waals surface area contributed by atoms with Crippen LogP contribution in [0.3, 0.4) is 0 Å². The highest BCUT2D eigenvalue weighted by Crippen LogP contribution is 2.18. The third kappa shape index (κ3) is 7.65. The summed E-state index contributed by atoms with van der Waals surface area (Å²) >= 11 is 6.18. The maximum Gasteiger partial charge on any atom is 0.261 e. The molecule has 1 atom stereocenters. The summed E-state index contributed by atoms with van der Waals surface area (Å²) in [7, 11) is 0. The van der Waals surface area contributed by atoms with Crippen LogP contribution in [0.5, 0.6) is 5.75 Å². The molecule has 0 aliphatic carbocycles. The third-order valence-corrected chi connectivity index (χ3v) is 5.40. The van der Waals surface area contributed by atoms with E-state index in [1.165, 1.54) is 0 Å². The fraction of sp³-hybridized carbons (Fsp3) is 0.259. The Morgan fingerprint density at radius 3 is 2.27 bits per heavy atom. The number of carbonyl (C=O) groups excluding carboxylic acids is 2. The van der Waals surface area contributed by atoms with Crippen molar-refractivity contribution in [3.8, 4) is 5.75 Å². The molecule has 0 unspecified atom stereocenters. The summed E-state index contributed by atoms with van der Waals surface area (Å²) < 4.78 is 5.72. The highest BCUT2D eigenvalue weighted by atomic mass is 35.5. The summed E-state index contributed by atoms with van der Waals surface area (Å²) in [4.78, 5) is 28.2. The zero-order chi connectivity index (χ0) is 23.5. The molecule has 0 aromatic heterocycles. The van der Waals surface area contributed by atoms with Crippen molar-refractivity contribution < 1.29 is 14.3 Å². The Bertz CT molecular complexity index is 1030. The number of carbonyl (C=O) groups is 2. The summed E-state index contributed by atoms with van der Waals surface area (Å²) in [6, 6.07) is 25.5. The normalized spacial score (nSPS) is 11.5. The van der Waals surface area contributed by atoms with Crippen molar-refractivity contribution >= 4 is 23.4 Å². The van der Waals surface area contributed by atoms with Gasteiger partial charge in [-0.2, -0.15) is 0 Å². The monoisotopic (exact) mass is 464 g/mol. The second kappa shape index (κ2) is 12.7. The van der Waals surface area contributed by atoms with E-state index in [1.54, 1.807) is 23.1 Å². The van der Waals surface area contributed by atoms with E-state index >= 15 is 0 Å². The highest BCUT2D eigenvalue weighted by Gasteiger charge is 2.30. The molecule has 0 saturated heterocycles. The smallest absolute Gasteiger partial charge is 0.261 e. The van der Waals surface area contributed by atoms with Gasteiger partial charge < -0.3 is 15.0 Å². The zero-order valence-corrected chi connectivity index (χ0v) is 19.5. The van der Waals surface area contributed by atoms with Gasteiger partial charge in [-0.1, -0.05) is 79.2 Å². The molecule has 1 N–H and O–H groups in total. The quantitative estimate of drug-likeness (QED) is 0.439. The van der Waals surface area contributed by atoms with Gasteiger partial charge in [0.05, 0.1) is 0 Å². The lowest BCUT2D eigenvalue weighted by Crippen LogP contribution is -2.51. The van der Waals surface area contributed by atoms with Crippen molar-refractivity contribution in [2.45, 2.75) is 32.4 Å². The Morgan fingerprint density at radius 2 is 1.61 bits per heavy atom. The number of hydrogen-bond donors (Lipinski definition) is 1. The summed E-state index contributed by atoms with van der Waals surface area (Å²) in [6.07, 6.45) is 1.21. The van der Waals surface area contributed by atoms with Crippen LogP contribution in [0, 0.1) is 0 Å². The van der Waals surface area contributed by atoms with E-state index in [1.807, 2.05) is 73.7 Å². The van der Waals surface area contributed by atoms with Gasteiger partial charge in [0, 0.05) is 24.5 Å². The molecule has 6 heteroatoms. The zero-order valence-electron chi connectivity index (χ0n) is 18.7. The molecule has 3 aromatic carbocycles. The Kier molecular flexibility index (Phi) is 9.33. The molecule has 3 aromatic rings. The van der Waals surface area contributed by atoms with Crippen LogP contribution >= 0.6 is 11.6 Å². The van der Waals surface area contributed by atoms with Crippen LogP contribution in [0.25, 0.3) is 0 Å². The van der Waals surface area contributed by atoms with Crippen LogP contribution in [0.15, 0.2) is 84.9 Å². The highest BCUT2D eigenvalue weighted by molar-refractivity contribution is 6.30. The Balaban J connectivity index is 1.88. The van der Waals surface area contributed by atoms with Crippen LogP contribution in [0.1, 0.15) is 24.5 Å². The van der Waals surface area contributed by atoms with Gasteiger partial charge in [-0.3, -0.25) is 9.59 Å². The number of ether oxygens (including phenoxy) is 1. The number of hydrogen-bond acceptors (Lipinski definition) is 3. The lowest BCUT2D eigenvalue weighted by Gasteiger charge is -2.31. The van der Waals surface area contributed by atoms with Crippen LogP contribution in [-0.2, 0) is 22.6 Å². The molecule has 0 bridgehead atoms. The van der Waals surface area contributed by atoms with Gasteiger partial charge in [-0.25, -0.2) is 0 Å². The Hall–Kier alpha value is -3.31. The summed E-state index contributed by atoms with van der Waals surface area (Å²) in [5.41, 5.74) is 1.82. The molecule has 33 heavy (non-hydrogen) atoms. The number of nitrogens with zero attached hydrogens (tertiary/aromatic N) is 1. The number of halogens is 1. The van der Waals surface area contributed by atoms with E-state index < -0.39 is 6.04 Å². The van der Waals surface area contributed by atoms with Gasteiger partial charge in [0.2, 0.25) is 5.91 Å². The predicted molar refractivity (Wildman–Crippen MR) is 131 cm³/mol. The molecule has 0 fully saturated rings. The van der Waals surface area contributed by atoms with Crippen LogP contribution in [0.4, 0.5) is 0 Å². The maximum atomic E-state index is 13.4. The summed E-state index contributed by atoms with van der Waals surface area (Å²) in [5.74, 6) is 0.144. The maximum absolute atomic E-state index is 13.4. The first-order chi connectivity index (χ1) is 16.1. The molecular weight excluding hydrogens is 436 g/mol. The molecule has 3 rings (SSSR count). The third-order valence-electron chi connectivity index (χ3n) is 5.17. The van der Waals surface area contributed by atoms with Crippen LogP contribution < -0.4 is 10.1 Å². The second-order valence-corrected chi connectivity index (χ2v) is 8.19. The van der Waals surface area contributed by atoms with Crippen LogP contribution in [-0.4, -0.2) is 35.9 Å². The van der Waals surface area contributed by atoms with E-state index in [9.17, 15) is 9.59 Å². The molecule has 0 aliphatic heterocycles. The number of nitrogens with one attached hydrogen (secondary N) is 1. The molecule has 0 radical (unpaired) electrons. The standard InChI is InChI=1S/C27H29ClN2O3/c1-2-16-29-27(32)25(18-21-10-5-3-6-11-21)30(19-22-12-9-13-23(28)17-22)26(31)20-33-24-14-7-4-8-15-24/h3-15,17,25H,2,16,18-20H2,1H3,(H,29,32)/t25-/m1/s1. The second-order valence-electron chi connectivity index (χ2n) is 7.75. The van der Waals surface area contributed by atoms with Crippen molar-refractivity contribution in [3.05, 3.63) is 101 Å². The summed E-state index contributed by atoms with van der Waals surface area (Å²) in [6.45, 7) is 2.62. The fourth-order valence-corrected chi connectivity index (χ4v) is 3.71. The van der Waals surface area contributed by atoms with Crippen molar-refractivity contribution in [1.82, 2.24) is 10.2 Å². The van der Waals surface area contributed by atoms with E-state index in [0.29, 0.717) is 23.7 Å². The van der Waals surface area contributed by atoms with Crippen molar-refractivity contribution in [2.75, 3.05) is 13.2 Å². The largest absolute Gasteiger partial charge is 0.484 e. The number of benzene rings is 3. The van der Waals surface area contributed by atoms with E-state index in [2.05, 4.69) is 5.32 Å². The molecule has 0 aliphatic rings. The molecule has 172 valence electrons. The average molecular weight is 465 g/mol. The van der Waals surface area contributed by atoms with Gasteiger partial charge >= 0.3 is 0 Å². The molecule has 5 nitrogen and oxygen atoms in total. The minimum Gasteiger partial charge on any atom is -0.484 e. The van der Waals surface area contributed by atoms with E-state index in [4.69, 9.17) is 16.3 Å². The van der Waals surface area contributed by atoms with Gasteiger partial charge in [0.25, 0.3) is 5.91 Å². The molecule has 0 saturated carbocycles. The molecule has 0 heterocycles. The first-order valence-electron chi connectivity index (χ1n) is 11.1. The first-order valence-corrected chi connectivity index (χ1v) is 11.5. The molecule has 2 amide bonds. The Morgan fingerprint density at radius 1 is 0.939 bits per heavy atom. The van der Waals surface area contributed by atoms with Gasteiger partial charge in [0.15, 0.2) is 6.61 Å². The van der Waals surface area contributed by atoms with E-state index in [0.717, 1.165) is 17.5 Å². The van der Waals surface area contributed by atoms with Crippen LogP contribution in [0.2, 0.25) is 5.02 Å². The van der Waals surface area contributed by atoms with Crippen molar-refractivity contribution in [2.24, 2.45) is 0 Å². The summed E-state index contributed by atoms with van der Waals surface area (Å²) in [5, 5.41) is 3.54. The number of rotatable bonds is 11. The lowest BCUT2D eigenvalue weighted by molar-refractivity contribution is -0.142. The van der Waals surface area contributed by atoms with Crippen molar-refractivity contribution in [1.29, 1.82) is 0 Å². The predicted octanol–water partition coefficient (Wildman–Crippen LogP) is 4.89.